The van der Waals surface area contributed by atoms with Gasteiger partial charge >= 0.3 is 0 Å². The van der Waals surface area contributed by atoms with Gasteiger partial charge in [0, 0.05) is 18.3 Å². The fourth-order valence-corrected chi connectivity index (χ4v) is 2.35. The van der Waals surface area contributed by atoms with E-state index in [1.165, 1.54) is 0 Å². The Hall–Kier alpha value is 0.270. The summed E-state index contributed by atoms with van der Waals surface area (Å²) in [6, 6.07) is 0. The second-order valence-corrected chi connectivity index (χ2v) is 5.54. The van der Waals surface area contributed by atoms with Crippen molar-refractivity contribution < 1.29 is 9.84 Å². The molecule has 0 aromatic heterocycles. The molecule has 0 saturated carbocycles. The fraction of sp³-hybridized carbons (Fsp3) is 1.00. The Morgan fingerprint density at radius 1 is 1.54 bits per heavy atom. The summed E-state index contributed by atoms with van der Waals surface area (Å²) in [4.78, 5) is 0. The SMILES string of the molecule is CC(C)SCC(O)C1CCCOC1. The van der Waals surface area contributed by atoms with Crippen LogP contribution >= 0.6 is 11.8 Å². The van der Waals surface area contributed by atoms with Crippen molar-refractivity contribution in [3.05, 3.63) is 0 Å². The molecule has 0 bridgehead atoms. The molecule has 2 nitrogen and oxygen atoms in total. The molecule has 78 valence electrons. The van der Waals surface area contributed by atoms with Crippen molar-refractivity contribution in [1.82, 2.24) is 0 Å². The van der Waals surface area contributed by atoms with Gasteiger partial charge in [0.2, 0.25) is 0 Å². The van der Waals surface area contributed by atoms with Crippen LogP contribution in [0.1, 0.15) is 26.7 Å². The summed E-state index contributed by atoms with van der Waals surface area (Å²) in [5, 5.41) is 10.4. The second-order valence-electron chi connectivity index (χ2n) is 3.93. The second kappa shape index (κ2) is 5.89. The van der Waals surface area contributed by atoms with Gasteiger partial charge in [-0.3, -0.25) is 0 Å². The first-order valence-corrected chi connectivity index (χ1v) is 6.12. The summed E-state index contributed by atoms with van der Waals surface area (Å²) in [6.07, 6.45) is 2.06. The monoisotopic (exact) mass is 204 g/mol. The number of rotatable bonds is 4. The Bertz CT molecular complexity index is 133. The molecule has 0 aromatic rings. The van der Waals surface area contributed by atoms with Crippen molar-refractivity contribution in [3.8, 4) is 0 Å². The zero-order valence-electron chi connectivity index (χ0n) is 8.53. The average Bonchev–Trinajstić information content (AvgIpc) is 2.15. The molecule has 1 rings (SSSR count). The van der Waals surface area contributed by atoms with Gasteiger partial charge in [0.15, 0.2) is 0 Å². The van der Waals surface area contributed by atoms with Crippen molar-refractivity contribution in [3.63, 3.8) is 0 Å². The highest BCUT2D eigenvalue weighted by atomic mass is 32.2. The predicted octanol–water partition coefficient (Wildman–Crippen LogP) is 1.92. The predicted molar refractivity (Wildman–Crippen MR) is 57.1 cm³/mol. The van der Waals surface area contributed by atoms with Gasteiger partial charge in [-0.2, -0.15) is 11.8 Å². The lowest BCUT2D eigenvalue weighted by Crippen LogP contribution is -2.31. The van der Waals surface area contributed by atoms with Gasteiger partial charge in [0.05, 0.1) is 12.7 Å². The van der Waals surface area contributed by atoms with E-state index in [0.29, 0.717) is 11.2 Å². The normalized spacial score (nSPS) is 26.3. The Kier molecular flexibility index (Phi) is 5.14. The van der Waals surface area contributed by atoms with Crippen molar-refractivity contribution >= 4 is 11.8 Å². The molecule has 0 aromatic carbocycles. The highest BCUT2D eigenvalue weighted by Gasteiger charge is 2.22. The van der Waals surface area contributed by atoms with Gasteiger partial charge in [-0.1, -0.05) is 13.8 Å². The van der Waals surface area contributed by atoms with Crippen LogP contribution in [0, 0.1) is 5.92 Å². The molecule has 0 spiro atoms. The maximum Gasteiger partial charge on any atom is 0.0680 e. The van der Waals surface area contributed by atoms with Crippen molar-refractivity contribution in [1.29, 1.82) is 0 Å². The smallest absolute Gasteiger partial charge is 0.0680 e. The summed E-state index contributed by atoms with van der Waals surface area (Å²) in [5.74, 6) is 1.23. The summed E-state index contributed by atoms with van der Waals surface area (Å²) in [6.45, 7) is 5.95. The number of aliphatic hydroxyl groups is 1. The molecule has 1 aliphatic rings. The highest BCUT2D eigenvalue weighted by molar-refractivity contribution is 7.99. The van der Waals surface area contributed by atoms with Crippen LogP contribution in [0.4, 0.5) is 0 Å². The Morgan fingerprint density at radius 2 is 2.31 bits per heavy atom. The Morgan fingerprint density at radius 3 is 2.85 bits per heavy atom. The molecule has 1 N–H and O–H groups in total. The van der Waals surface area contributed by atoms with Crippen LogP contribution < -0.4 is 0 Å². The van der Waals surface area contributed by atoms with Crippen LogP contribution in [0.3, 0.4) is 0 Å². The molecule has 2 unspecified atom stereocenters. The van der Waals surface area contributed by atoms with Gasteiger partial charge in [-0.05, 0) is 18.1 Å². The molecule has 1 heterocycles. The topological polar surface area (TPSA) is 29.5 Å². The Labute approximate surface area is 85.0 Å². The molecular weight excluding hydrogens is 184 g/mol. The first-order chi connectivity index (χ1) is 6.20. The lowest BCUT2D eigenvalue weighted by atomic mass is 9.97. The molecular formula is C10H20O2S. The lowest BCUT2D eigenvalue weighted by molar-refractivity contribution is -0.0000630. The molecule has 13 heavy (non-hydrogen) atoms. The molecule has 1 fully saturated rings. The quantitative estimate of drug-likeness (QED) is 0.758. The van der Waals surface area contributed by atoms with Crippen LogP contribution in [-0.2, 0) is 4.74 Å². The molecule has 0 aliphatic carbocycles. The minimum Gasteiger partial charge on any atom is -0.392 e. The highest BCUT2D eigenvalue weighted by Crippen LogP contribution is 2.21. The van der Waals surface area contributed by atoms with Gasteiger partial charge in [0.25, 0.3) is 0 Å². The van der Waals surface area contributed by atoms with E-state index in [1.807, 2.05) is 11.8 Å². The fourth-order valence-electron chi connectivity index (χ4n) is 1.50. The first-order valence-electron chi connectivity index (χ1n) is 5.07. The van der Waals surface area contributed by atoms with Crippen molar-refractivity contribution in [2.24, 2.45) is 5.92 Å². The average molecular weight is 204 g/mol. The van der Waals surface area contributed by atoms with E-state index in [2.05, 4.69) is 13.8 Å². The van der Waals surface area contributed by atoms with Crippen LogP contribution in [0.15, 0.2) is 0 Å². The maximum absolute atomic E-state index is 9.82. The number of thioether (sulfide) groups is 1. The van der Waals surface area contributed by atoms with E-state index in [-0.39, 0.29) is 6.10 Å². The summed E-state index contributed by atoms with van der Waals surface area (Å²) in [5.41, 5.74) is 0. The van der Waals surface area contributed by atoms with Gasteiger partial charge in [-0.25, -0.2) is 0 Å². The Balaban J connectivity index is 2.17. The van der Waals surface area contributed by atoms with Crippen molar-refractivity contribution in [2.75, 3.05) is 19.0 Å². The third kappa shape index (κ3) is 4.34. The molecule has 1 saturated heterocycles. The third-order valence-electron chi connectivity index (χ3n) is 2.34. The summed E-state index contributed by atoms with van der Waals surface area (Å²) >= 11 is 1.83. The summed E-state index contributed by atoms with van der Waals surface area (Å²) in [7, 11) is 0. The molecule has 1 aliphatic heterocycles. The number of aliphatic hydroxyl groups excluding tert-OH is 1. The van der Waals surface area contributed by atoms with Gasteiger partial charge < -0.3 is 9.84 Å². The van der Waals surface area contributed by atoms with Crippen molar-refractivity contribution in [2.45, 2.75) is 38.0 Å². The lowest BCUT2D eigenvalue weighted by Gasteiger charge is -2.26. The first kappa shape index (κ1) is 11.3. The van der Waals surface area contributed by atoms with E-state index in [9.17, 15) is 5.11 Å². The van der Waals surface area contributed by atoms with E-state index >= 15 is 0 Å². The van der Waals surface area contributed by atoms with E-state index < -0.39 is 0 Å². The molecule has 0 radical (unpaired) electrons. The zero-order chi connectivity index (χ0) is 9.68. The number of hydrogen-bond acceptors (Lipinski definition) is 3. The largest absolute Gasteiger partial charge is 0.392 e. The summed E-state index contributed by atoms with van der Waals surface area (Å²) < 4.78 is 5.34. The van der Waals surface area contributed by atoms with Gasteiger partial charge in [0.1, 0.15) is 0 Å². The van der Waals surface area contributed by atoms with E-state index in [0.717, 1.165) is 31.8 Å². The molecule has 0 amide bonds. The maximum atomic E-state index is 9.82. The van der Waals surface area contributed by atoms with Crippen LogP contribution in [0.25, 0.3) is 0 Å². The zero-order valence-corrected chi connectivity index (χ0v) is 9.35. The minimum atomic E-state index is -0.173. The van der Waals surface area contributed by atoms with Crippen LogP contribution in [0.5, 0.6) is 0 Å². The van der Waals surface area contributed by atoms with Crippen LogP contribution in [0.2, 0.25) is 0 Å². The molecule has 2 atom stereocenters. The number of hydrogen-bond donors (Lipinski definition) is 1. The van der Waals surface area contributed by atoms with Crippen LogP contribution in [-0.4, -0.2) is 35.4 Å². The molecule has 3 heteroatoms. The van der Waals surface area contributed by atoms with E-state index in [4.69, 9.17) is 4.74 Å². The minimum absolute atomic E-state index is 0.173. The van der Waals surface area contributed by atoms with E-state index in [1.54, 1.807) is 0 Å². The third-order valence-corrected chi connectivity index (χ3v) is 3.54. The number of ether oxygens (including phenoxy) is 1. The standard InChI is InChI=1S/C10H20O2S/c1-8(2)13-7-10(11)9-4-3-5-12-6-9/h8-11H,3-7H2,1-2H3. The van der Waals surface area contributed by atoms with Gasteiger partial charge in [-0.15, -0.1) is 0 Å².